The maximum absolute atomic E-state index is 11.6. The monoisotopic (exact) mass is 286 g/mol. The largest absolute Gasteiger partial charge is 0.465 e. The van der Waals surface area contributed by atoms with Crippen molar-refractivity contribution in [3.8, 4) is 0 Å². The molecule has 0 aromatic rings. The normalized spacial score (nSPS) is 12.8. The number of hydrogen-bond acceptors (Lipinski definition) is 4. The molecule has 4 heteroatoms. The van der Waals surface area contributed by atoms with Gasteiger partial charge in [-0.05, 0) is 25.2 Å². The molecule has 0 saturated carbocycles. The van der Waals surface area contributed by atoms with Gasteiger partial charge in [-0.2, -0.15) is 0 Å². The summed E-state index contributed by atoms with van der Waals surface area (Å²) in [4.78, 5) is 23.0. The van der Waals surface area contributed by atoms with Gasteiger partial charge in [-0.1, -0.05) is 40.5 Å². The number of ether oxygens (including phenoxy) is 2. The van der Waals surface area contributed by atoms with Gasteiger partial charge in [0, 0.05) is 0 Å². The van der Waals surface area contributed by atoms with E-state index >= 15 is 0 Å². The molecule has 0 spiro atoms. The van der Waals surface area contributed by atoms with E-state index in [2.05, 4.69) is 6.92 Å². The Morgan fingerprint density at radius 3 is 2.20 bits per heavy atom. The molecule has 1 atom stereocenters. The van der Waals surface area contributed by atoms with Crippen LogP contribution in [0, 0.1) is 5.41 Å². The first kappa shape index (κ1) is 18.9. The van der Waals surface area contributed by atoms with Crippen LogP contribution < -0.4 is 0 Å². The van der Waals surface area contributed by atoms with Gasteiger partial charge in [0.25, 0.3) is 0 Å². The summed E-state index contributed by atoms with van der Waals surface area (Å²) in [5, 5.41) is 0. The van der Waals surface area contributed by atoms with Crippen LogP contribution in [-0.2, 0) is 19.1 Å². The standard InChI is InChI=1S/C16H30O4/c1-6-7-8-9-13(2)20-15(18)11-10-14(17)19-12-16(3,4)5/h13H,6-12H2,1-5H3. The van der Waals surface area contributed by atoms with Crippen molar-refractivity contribution < 1.29 is 19.1 Å². The van der Waals surface area contributed by atoms with Crippen LogP contribution in [0.2, 0.25) is 0 Å². The van der Waals surface area contributed by atoms with E-state index in [-0.39, 0.29) is 36.3 Å². The highest BCUT2D eigenvalue weighted by atomic mass is 16.5. The van der Waals surface area contributed by atoms with Crippen LogP contribution >= 0.6 is 0 Å². The summed E-state index contributed by atoms with van der Waals surface area (Å²) in [6, 6.07) is 0. The van der Waals surface area contributed by atoms with Gasteiger partial charge in [0.15, 0.2) is 0 Å². The van der Waals surface area contributed by atoms with Crippen LogP contribution in [0.25, 0.3) is 0 Å². The molecule has 0 heterocycles. The minimum absolute atomic E-state index is 0.0516. The van der Waals surface area contributed by atoms with Gasteiger partial charge in [0.2, 0.25) is 0 Å². The van der Waals surface area contributed by atoms with Crippen molar-refractivity contribution in [2.24, 2.45) is 5.41 Å². The lowest BCUT2D eigenvalue weighted by atomic mass is 9.99. The first-order valence-electron chi connectivity index (χ1n) is 7.59. The highest BCUT2D eigenvalue weighted by Crippen LogP contribution is 2.13. The van der Waals surface area contributed by atoms with E-state index in [0.29, 0.717) is 6.61 Å². The second kappa shape index (κ2) is 9.78. The van der Waals surface area contributed by atoms with E-state index in [1.165, 1.54) is 0 Å². The van der Waals surface area contributed by atoms with Gasteiger partial charge in [-0.3, -0.25) is 9.59 Å². The highest BCUT2D eigenvalue weighted by Gasteiger charge is 2.16. The molecule has 0 aromatic carbocycles. The quantitative estimate of drug-likeness (QED) is 0.477. The van der Waals surface area contributed by atoms with Crippen molar-refractivity contribution >= 4 is 11.9 Å². The van der Waals surface area contributed by atoms with Crippen LogP contribution in [0.5, 0.6) is 0 Å². The van der Waals surface area contributed by atoms with Crippen LogP contribution in [0.3, 0.4) is 0 Å². The van der Waals surface area contributed by atoms with Gasteiger partial charge in [0.05, 0.1) is 25.6 Å². The second-order valence-electron chi connectivity index (χ2n) is 6.52. The van der Waals surface area contributed by atoms with Crippen molar-refractivity contribution in [2.75, 3.05) is 6.61 Å². The average Bonchev–Trinajstić information content (AvgIpc) is 2.33. The predicted octanol–water partition coefficient (Wildman–Crippen LogP) is 3.87. The number of unbranched alkanes of at least 4 members (excludes halogenated alkanes) is 2. The van der Waals surface area contributed by atoms with Gasteiger partial charge in [-0.15, -0.1) is 0 Å². The molecular weight excluding hydrogens is 256 g/mol. The lowest BCUT2D eigenvalue weighted by molar-refractivity contribution is -0.154. The zero-order valence-electron chi connectivity index (χ0n) is 13.7. The van der Waals surface area contributed by atoms with Crippen molar-refractivity contribution in [3.05, 3.63) is 0 Å². The third-order valence-corrected chi connectivity index (χ3v) is 2.75. The number of rotatable bonds is 9. The molecule has 0 saturated heterocycles. The highest BCUT2D eigenvalue weighted by molar-refractivity contribution is 5.77. The molecule has 4 nitrogen and oxygen atoms in total. The van der Waals surface area contributed by atoms with Crippen molar-refractivity contribution in [1.29, 1.82) is 0 Å². The summed E-state index contributed by atoms with van der Waals surface area (Å²) >= 11 is 0. The minimum atomic E-state index is -0.337. The number of carbonyl (C=O) groups is 2. The molecular formula is C16H30O4. The minimum Gasteiger partial charge on any atom is -0.465 e. The van der Waals surface area contributed by atoms with E-state index in [1.807, 2.05) is 27.7 Å². The number of hydrogen-bond donors (Lipinski definition) is 0. The molecule has 20 heavy (non-hydrogen) atoms. The Morgan fingerprint density at radius 1 is 1.05 bits per heavy atom. The summed E-state index contributed by atoms with van der Waals surface area (Å²) in [5.41, 5.74) is -0.0516. The third kappa shape index (κ3) is 12.0. The molecule has 0 aliphatic rings. The fraction of sp³-hybridized carbons (Fsp3) is 0.875. The summed E-state index contributed by atoms with van der Waals surface area (Å²) in [6.45, 7) is 10.4. The molecule has 0 aromatic heterocycles. The molecule has 0 fully saturated rings. The topological polar surface area (TPSA) is 52.6 Å². The van der Waals surface area contributed by atoms with E-state index in [0.717, 1.165) is 25.7 Å². The molecule has 0 amide bonds. The zero-order valence-corrected chi connectivity index (χ0v) is 13.7. The zero-order chi connectivity index (χ0) is 15.6. The Hall–Kier alpha value is -1.06. The van der Waals surface area contributed by atoms with Crippen molar-refractivity contribution in [1.82, 2.24) is 0 Å². The average molecular weight is 286 g/mol. The molecule has 0 rings (SSSR count). The molecule has 0 aliphatic carbocycles. The van der Waals surface area contributed by atoms with Gasteiger partial charge >= 0.3 is 11.9 Å². The molecule has 1 unspecified atom stereocenters. The fourth-order valence-electron chi connectivity index (χ4n) is 1.60. The Bertz CT molecular complexity index is 291. The van der Waals surface area contributed by atoms with Gasteiger partial charge in [-0.25, -0.2) is 0 Å². The molecule has 0 radical (unpaired) electrons. The third-order valence-electron chi connectivity index (χ3n) is 2.75. The van der Waals surface area contributed by atoms with E-state index in [4.69, 9.17) is 9.47 Å². The van der Waals surface area contributed by atoms with E-state index in [1.54, 1.807) is 0 Å². The Kier molecular flexibility index (Phi) is 9.26. The Labute approximate surface area is 123 Å². The van der Waals surface area contributed by atoms with E-state index < -0.39 is 0 Å². The van der Waals surface area contributed by atoms with Crippen LogP contribution in [-0.4, -0.2) is 24.6 Å². The Balaban J connectivity index is 3.73. The lowest BCUT2D eigenvalue weighted by Crippen LogP contribution is -2.20. The number of esters is 2. The van der Waals surface area contributed by atoms with Gasteiger partial charge < -0.3 is 9.47 Å². The fourth-order valence-corrected chi connectivity index (χ4v) is 1.60. The molecule has 0 aliphatic heterocycles. The van der Waals surface area contributed by atoms with Crippen molar-refractivity contribution in [3.63, 3.8) is 0 Å². The second-order valence-corrected chi connectivity index (χ2v) is 6.52. The molecule has 0 N–H and O–H groups in total. The first-order chi connectivity index (χ1) is 9.24. The SMILES string of the molecule is CCCCCC(C)OC(=O)CCC(=O)OCC(C)(C)C. The van der Waals surface area contributed by atoms with E-state index in [9.17, 15) is 9.59 Å². The van der Waals surface area contributed by atoms with Crippen LogP contribution in [0.4, 0.5) is 0 Å². The first-order valence-corrected chi connectivity index (χ1v) is 7.59. The molecule has 118 valence electrons. The van der Waals surface area contributed by atoms with Crippen LogP contribution in [0.1, 0.15) is 73.1 Å². The Morgan fingerprint density at radius 2 is 1.65 bits per heavy atom. The lowest BCUT2D eigenvalue weighted by Gasteiger charge is -2.17. The summed E-state index contributed by atoms with van der Waals surface area (Å²) in [6.07, 6.45) is 4.38. The number of carbonyl (C=O) groups excluding carboxylic acids is 2. The van der Waals surface area contributed by atoms with Crippen LogP contribution in [0.15, 0.2) is 0 Å². The maximum Gasteiger partial charge on any atom is 0.306 e. The molecule has 0 bridgehead atoms. The maximum atomic E-state index is 11.6. The smallest absolute Gasteiger partial charge is 0.306 e. The van der Waals surface area contributed by atoms with Gasteiger partial charge in [0.1, 0.15) is 0 Å². The predicted molar refractivity (Wildman–Crippen MR) is 79.3 cm³/mol. The summed E-state index contributed by atoms with van der Waals surface area (Å²) in [5.74, 6) is -0.655. The summed E-state index contributed by atoms with van der Waals surface area (Å²) in [7, 11) is 0. The van der Waals surface area contributed by atoms with Crippen molar-refractivity contribution in [2.45, 2.75) is 79.2 Å². The summed E-state index contributed by atoms with van der Waals surface area (Å²) < 4.78 is 10.3.